The summed E-state index contributed by atoms with van der Waals surface area (Å²) in [6.45, 7) is 4.42. The molecule has 99 valence electrons. The molecular formula is C15H16Cl2SiZr-. The van der Waals surface area contributed by atoms with Crippen molar-refractivity contribution in [2.75, 3.05) is 0 Å². The van der Waals surface area contributed by atoms with E-state index < -0.39 is 20.8 Å². The predicted molar refractivity (Wildman–Crippen MR) is 84.1 cm³/mol. The van der Waals surface area contributed by atoms with E-state index in [0.29, 0.717) is 0 Å². The van der Waals surface area contributed by atoms with Crippen molar-refractivity contribution in [1.82, 2.24) is 0 Å². The third-order valence-electron chi connectivity index (χ3n) is 2.62. The molecule has 0 heterocycles. The normalized spacial score (nSPS) is 10.1. The fourth-order valence-corrected chi connectivity index (χ4v) is 2.00. The molecule has 0 amide bonds. The number of rotatable bonds is 0. The number of benzene rings is 2. The predicted octanol–water partition coefficient (Wildman–Crippen LogP) is 4.95. The summed E-state index contributed by atoms with van der Waals surface area (Å²) < 4.78 is 0. The molecule has 0 saturated heterocycles. The number of halogens is 2. The smallest absolute Gasteiger partial charge is 0.0253 e. The molecule has 0 N–H and O–H groups in total. The van der Waals surface area contributed by atoms with Crippen molar-refractivity contribution in [3.05, 3.63) is 59.7 Å². The van der Waals surface area contributed by atoms with E-state index in [1.807, 2.05) is 6.07 Å². The van der Waals surface area contributed by atoms with Crippen molar-refractivity contribution in [3.8, 4) is 11.1 Å². The van der Waals surface area contributed by atoms with Gasteiger partial charge < -0.3 is 0 Å². The number of fused-ring (bicyclic) bond motifs is 3. The standard InChI is InChI=1S/C13H9.C2H7Si.2ClH.Zr/c1-3-7-12-10(5-1)9-11-6-2-4-8-13(11)12;1-3-2;;;/h1-5,7-8H,9H2;3H,1-2H3;2*1H;/q-1;;;;+2/p-2. The molecule has 0 nitrogen and oxygen atoms in total. The fraction of sp³-hybridized carbons (Fsp3) is 0.200. The van der Waals surface area contributed by atoms with E-state index in [0.717, 1.165) is 15.9 Å². The molecule has 2 aromatic rings. The molecule has 0 atom stereocenters. The summed E-state index contributed by atoms with van der Waals surface area (Å²) in [5.41, 5.74) is 5.51. The minimum atomic E-state index is -0.826. The van der Waals surface area contributed by atoms with Gasteiger partial charge in [0.15, 0.2) is 0 Å². The molecule has 0 saturated carbocycles. The zero-order valence-electron chi connectivity index (χ0n) is 11.1. The zero-order valence-corrected chi connectivity index (χ0v) is 16.2. The number of hydrogen-bond acceptors (Lipinski definition) is 0. The van der Waals surface area contributed by atoms with Gasteiger partial charge in [0.05, 0.1) is 0 Å². The summed E-state index contributed by atoms with van der Waals surface area (Å²) in [7, 11) is 10.6. The first-order chi connectivity index (χ1) is 9.28. The maximum atomic E-state index is 4.93. The average molecular weight is 387 g/mol. The molecule has 1 aliphatic rings. The average Bonchev–Trinajstić information content (AvgIpc) is 2.79. The summed E-state index contributed by atoms with van der Waals surface area (Å²) in [4.78, 5) is 0. The first-order valence-electron chi connectivity index (χ1n) is 6.06. The monoisotopic (exact) mass is 384 g/mol. The topological polar surface area (TPSA) is 0 Å². The van der Waals surface area contributed by atoms with Crippen LogP contribution in [0, 0.1) is 6.07 Å². The van der Waals surface area contributed by atoms with Crippen LogP contribution in [0.15, 0.2) is 42.5 Å². The van der Waals surface area contributed by atoms with Gasteiger partial charge in [0.25, 0.3) is 0 Å². The van der Waals surface area contributed by atoms with Crippen LogP contribution in [-0.4, -0.2) is 9.52 Å². The Kier molecular flexibility index (Phi) is 8.98. The van der Waals surface area contributed by atoms with Crippen molar-refractivity contribution in [3.63, 3.8) is 0 Å². The summed E-state index contributed by atoms with van der Waals surface area (Å²) in [5, 5.41) is 0. The van der Waals surface area contributed by atoms with E-state index in [4.69, 9.17) is 17.0 Å². The SMILES string of the molecule is C[SiH]C.[Cl][Zr][Cl].[c-]1cccc2c1Cc1ccccc1-2. The van der Waals surface area contributed by atoms with Crippen LogP contribution in [0.3, 0.4) is 0 Å². The van der Waals surface area contributed by atoms with Crippen LogP contribution >= 0.6 is 17.0 Å². The minimum absolute atomic E-state index is 0.750. The Morgan fingerprint density at radius 2 is 1.63 bits per heavy atom. The van der Waals surface area contributed by atoms with E-state index in [9.17, 15) is 0 Å². The Hall–Kier alpha value is 0.120. The second kappa shape index (κ2) is 9.94. The van der Waals surface area contributed by atoms with Gasteiger partial charge in [0.1, 0.15) is 0 Å². The zero-order chi connectivity index (χ0) is 14.1. The first-order valence-corrected chi connectivity index (χ1v) is 14.7. The van der Waals surface area contributed by atoms with Gasteiger partial charge >= 0.3 is 37.9 Å². The molecule has 0 bridgehead atoms. The second-order valence-electron chi connectivity index (χ2n) is 4.05. The molecule has 1 radical (unpaired) electrons. The minimum Gasteiger partial charge on any atom is -0.179 e. The summed E-state index contributed by atoms with van der Waals surface area (Å²) >= 11 is -0.826. The van der Waals surface area contributed by atoms with Crippen LogP contribution in [0.1, 0.15) is 11.1 Å². The molecule has 0 fully saturated rings. The van der Waals surface area contributed by atoms with Crippen LogP contribution in [-0.2, 0) is 27.3 Å². The Labute approximate surface area is 137 Å². The molecular weight excluding hydrogens is 370 g/mol. The van der Waals surface area contributed by atoms with Crippen molar-refractivity contribution in [2.45, 2.75) is 19.5 Å². The molecule has 0 aromatic heterocycles. The quantitative estimate of drug-likeness (QED) is 0.379. The van der Waals surface area contributed by atoms with E-state index in [1.54, 1.807) is 0 Å². The third kappa shape index (κ3) is 5.19. The Balaban J connectivity index is 0.000000261. The van der Waals surface area contributed by atoms with Gasteiger partial charge in [-0.05, 0) is 6.42 Å². The maximum absolute atomic E-state index is 4.93. The number of hydrogen-bond donors (Lipinski definition) is 0. The Morgan fingerprint density at radius 3 is 2.32 bits per heavy atom. The van der Waals surface area contributed by atoms with Crippen molar-refractivity contribution < 1.29 is 20.8 Å². The van der Waals surface area contributed by atoms with Crippen molar-refractivity contribution >= 4 is 26.5 Å². The van der Waals surface area contributed by atoms with Gasteiger partial charge in [-0.3, -0.25) is 0 Å². The van der Waals surface area contributed by atoms with Gasteiger partial charge in [-0.25, -0.2) is 0 Å². The molecule has 0 unspecified atom stereocenters. The molecule has 3 rings (SSSR count). The van der Waals surface area contributed by atoms with Crippen LogP contribution in [0.2, 0.25) is 13.1 Å². The Morgan fingerprint density at radius 1 is 1.05 bits per heavy atom. The molecule has 1 aliphatic carbocycles. The summed E-state index contributed by atoms with van der Waals surface area (Å²) in [5.74, 6) is 0. The van der Waals surface area contributed by atoms with E-state index in [1.165, 1.54) is 22.3 Å². The van der Waals surface area contributed by atoms with Crippen LogP contribution in [0.4, 0.5) is 0 Å². The summed E-state index contributed by atoms with van der Waals surface area (Å²) in [6, 6.07) is 18.1. The summed E-state index contributed by atoms with van der Waals surface area (Å²) in [6.07, 6.45) is 1.05. The molecule has 2 aromatic carbocycles. The van der Waals surface area contributed by atoms with E-state index in [2.05, 4.69) is 55.6 Å². The van der Waals surface area contributed by atoms with Gasteiger partial charge in [-0.15, -0.1) is 5.56 Å². The molecule has 0 spiro atoms. The van der Waals surface area contributed by atoms with Crippen LogP contribution < -0.4 is 0 Å². The van der Waals surface area contributed by atoms with E-state index in [-0.39, 0.29) is 0 Å². The Bertz CT molecular complexity index is 458. The molecule has 0 aliphatic heterocycles. The van der Waals surface area contributed by atoms with Gasteiger partial charge in [-0.2, -0.15) is 29.8 Å². The van der Waals surface area contributed by atoms with Crippen LogP contribution in [0.5, 0.6) is 0 Å². The van der Waals surface area contributed by atoms with Gasteiger partial charge in [0, 0.05) is 9.52 Å². The third-order valence-corrected chi connectivity index (χ3v) is 2.62. The second-order valence-corrected chi connectivity index (χ2v) is 8.93. The van der Waals surface area contributed by atoms with Crippen LogP contribution in [0.25, 0.3) is 11.1 Å². The maximum Gasteiger partial charge on any atom is -0.0253 e. The van der Waals surface area contributed by atoms with Crippen molar-refractivity contribution in [2.24, 2.45) is 0 Å². The molecule has 4 heteroatoms. The van der Waals surface area contributed by atoms with Gasteiger partial charge in [-0.1, -0.05) is 48.5 Å². The van der Waals surface area contributed by atoms with Crippen molar-refractivity contribution in [1.29, 1.82) is 0 Å². The van der Waals surface area contributed by atoms with Gasteiger partial charge in [0.2, 0.25) is 0 Å². The van der Waals surface area contributed by atoms with E-state index >= 15 is 0 Å². The largest absolute Gasteiger partial charge is 0.179 e. The fourth-order valence-electron chi connectivity index (χ4n) is 2.00. The molecule has 19 heavy (non-hydrogen) atoms. The first kappa shape index (κ1) is 17.2.